The highest BCUT2D eigenvalue weighted by atomic mass is 16.5. The molecule has 7 heteroatoms. The summed E-state index contributed by atoms with van der Waals surface area (Å²) in [6, 6.07) is 7.38. The van der Waals surface area contributed by atoms with Crippen molar-refractivity contribution in [3.05, 3.63) is 35.9 Å². The minimum absolute atomic E-state index is 0.0749. The molecule has 0 spiro atoms. The first-order valence-electron chi connectivity index (χ1n) is 8.50. The second-order valence-electron chi connectivity index (χ2n) is 5.93. The number of hydrogen-bond acceptors (Lipinski definition) is 6. The predicted molar refractivity (Wildman–Crippen MR) is 101 cm³/mol. The van der Waals surface area contributed by atoms with Crippen LogP contribution in [0.4, 0.5) is 5.69 Å². The molecule has 25 heavy (non-hydrogen) atoms. The molecule has 5 N–H and O–H groups in total. The van der Waals surface area contributed by atoms with Gasteiger partial charge in [0.15, 0.2) is 0 Å². The van der Waals surface area contributed by atoms with Crippen molar-refractivity contribution in [2.24, 2.45) is 0 Å². The highest BCUT2D eigenvalue weighted by molar-refractivity contribution is 6.08. The minimum Gasteiger partial charge on any atom is -0.492 e. The molecule has 0 radical (unpaired) electrons. The van der Waals surface area contributed by atoms with Gasteiger partial charge in [-0.05, 0) is 37.3 Å². The van der Waals surface area contributed by atoms with E-state index in [0.29, 0.717) is 12.2 Å². The summed E-state index contributed by atoms with van der Waals surface area (Å²) in [7, 11) is 0. The fourth-order valence-electron chi connectivity index (χ4n) is 2.60. The Bertz CT molecular complexity index is 592. The quantitative estimate of drug-likeness (QED) is 0.361. The van der Waals surface area contributed by atoms with E-state index in [1.165, 1.54) is 6.08 Å². The number of benzene rings is 1. The van der Waals surface area contributed by atoms with E-state index in [2.05, 4.69) is 15.5 Å². The highest BCUT2D eigenvalue weighted by Gasteiger charge is 2.11. The standard InChI is InChI=1S/C18H27N5O2/c1-14(24)17(6-7-19)18(20)22-15-2-4-16(5-3-15)25-13-12-23-10-8-21-9-11-23/h2-7,14,19,21,24H,8-13H2,1H3,(H2,20,22)/b17-6+,19-7?/t14-/m1/s1. The Balaban J connectivity index is 1.81. The smallest absolute Gasteiger partial charge is 0.128 e. The predicted octanol–water partition coefficient (Wildman–Crippen LogP) is 1.32. The van der Waals surface area contributed by atoms with Crippen LogP contribution in [0.3, 0.4) is 0 Å². The summed E-state index contributed by atoms with van der Waals surface area (Å²) in [5.74, 6) is 0.865. The van der Waals surface area contributed by atoms with Crippen LogP contribution in [-0.2, 0) is 0 Å². The number of amidine groups is 1. The fourth-order valence-corrected chi connectivity index (χ4v) is 2.60. The Morgan fingerprint density at radius 2 is 2.04 bits per heavy atom. The maximum absolute atomic E-state index is 9.66. The summed E-state index contributed by atoms with van der Waals surface area (Å²) in [6.45, 7) is 7.32. The first-order chi connectivity index (χ1) is 12.1. The van der Waals surface area contributed by atoms with Crippen LogP contribution >= 0.6 is 0 Å². The molecule has 1 aliphatic rings. The Morgan fingerprint density at radius 3 is 2.64 bits per heavy atom. The zero-order valence-electron chi connectivity index (χ0n) is 14.6. The van der Waals surface area contributed by atoms with Crippen molar-refractivity contribution in [2.45, 2.75) is 13.0 Å². The van der Waals surface area contributed by atoms with Crippen molar-refractivity contribution in [2.75, 3.05) is 44.6 Å². The molecule has 1 heterocycles. The van der Waals surface area contributed by atoms with E-state index in [9.17, 15) is 5.11 Å². The summed E-state index contributed by atoms with van der Waals surface area (Å²) in [5.41, 5.74) is 1.10. The number of nitrogens with zero attached hydrogens (tertiary/aromatic N) is 1. The van der Waals surface area contributed by atoms with Gasteiger partial charge in [0.2, 0.25) is 0 Å². The van der Waals surface area contributed by atoms with Gasteiger partial charge in [-0.25, -0.2) is 0 Å². The third-order valence-corrected chi connectivity index (χ3v) is 4.01. The normalized spacial score (nSPS) is 17.0. The molecule has 7 nitrogen and oxygen atoms in total. The summed E-state index contributed by atoms with van der Waals surface area (Å²) in [4.78, 5) is 2.38. The molecule has 0 aliphatic carbocycles. The van der Waals surface area contributed by atoms with Crippen molar-refractivity contribution in [3.8, 4) is 5.75 Å². The van der Waals surface area contributed by atoms with Gasteiger partial charge in [0, 0.05) is 50.2 Å². The summed E-state index contributed by atoms with van der Waals surface area (Å²) >= 11 is 0. The number of hydrogen-bond donors (Lipinski definition) is 5. The van der Waals surface area contributed by atoms with Gasteiger partial charge in [0.25, 0.3) is 0 Å². The first-order valence-corrected chi connectivity index (χ1v) is 8.50. The van der Waals surface area contributed by atoms with Crippen molar-refractivity contribution in [1.82, 2.24) is 10.2 Å². The van der Waals surface area contributed by atoms with Gasteiger partial charge in [-0.2, -0.15) is 0 Å². The monoisotopic (exact) mass is 345 g/mol. The third-order valence-electron chi connectivity index (χ3n) is 4.01. The van der Waals surface area contributed by atoms with E-state index in [-0.39, 0.29) is 5.84 Å². The highest BCUT2D eigenvalue weighted by Crippen LogP contribution is 2.17. The van der Waals surface area contributed by atoms with E-state index in [0.717, 1.165) is 50.4 Å². The molecule has 0 saturated carbocycles. The molecule has 1 aromatic carbocycles. The fraction of sp³-hybridized carbons (Fsp3) is 0.444. The van der Waals surface area contributed by atoms with Gasteiger partial charge in [0.1, 0.15) is 18.2 Å². The van der Waals surface area contributed by atoms with Crippen molar-refractivity contribution >= 4 is 17.7 Å². The van der Waals surface area contributed by atoms with Crippen LogP contribution in [0.1, 0.15) is 6.92 Å². The van der Waals surface area contributed by atoms with Crippen molar-refractivity contribution < 1.29 is 9.84 Å². The number of nitrogens with one attached hydrogen (secondary N) is 4. The third kappa shape index (κ3) is 6.30. The topological polar surface area (TPSA) is 104 Å². The van der Waals surface area contributed by atoms with Crippen LogP contribution in [0.5, 0.6) is 5.75 Å². The molecular weight excluding hydrogens is 318 g/mol. The largest absolute Gasteiger partial charge is 0.492 e. The lowest BCUT2D eigenvalue weighted by molar-refractivity contribution is 0.191. The Kier molecular flexibility index (Phi) is 7.59. The molecule has 2 rings (SSSR count). The lowest BCUT2D eigenvalue weighted by Crippen LogP contribution is -2.44. The van der Waals surface area contributed by atoms with Crippen molar-refractivity contribution in [1.29, 1.82) is 10.8 Å². The molecule has 1 atom stereocenters. The molecule has 1 fully saturated rings. The van der Waals surface area contributed by atoms with Crippen LogP contribution in [-0.4, -0.2) is 67.5 Å². The van der Waals surface area contributed by atoms with E-state index in [1.807, 2.05) is 24.3 Å². The Hall–Kier alpha value is -2.22. The summed E-state index contributed by atoms with van der Waals surface area (Å²) in [6.07, 6.45) is 1.66. The van der Waals surface area contributed by atoms with E-state index < -0.39 is 6.10 Å². The number of aliphatic hydroxyl groups is 1. The van der Waals surface area contributed by atoms with Gasteiger partial charge in [-0.1, -0.05) is 0 Å². The van der Waals surface area contributed by atoms with Crippen LogP contribution in [0.25, 0.3) is 0 Å². The maximum atomic E-state index is 9.66. The molecule has 0 aromatic heterocycles. The van der Waals surface area contributed by atoms with Crippen LogP contribution < -0.4 is 15.4 Å². The number of allylic oxidation sites excluding steroid dienone is 1. The average molecular weight is 345 g/mol. The molecular formula is C18H27N5O2. The average Bonchev–Trinajstić information content (AvgIpc) is 2.61. The molecule has 136 valence electrons. The number of piperazine rings is 1. The van der Waals surface area contributed by atoms with Crippen LogP contribution in [0.2, 0.25) is 0 Å². The lowest BCUT2D eigenvalue weighted by atomic mass is 10.1. The molecule has 1 aromatic rings. The molecule has 1 saturated heterocycles. The molecule has 0 unspecified atom stereocenters. The summed E-state index contributed by atoms with van der Waals surface area (Å²) in [5, 5.41) is 31.0. The number of anilines is 1. The van der Waals surface area contributed by atoms with Crippen molar-refractivity contribution in [3.63, 3.8) is 0 Å². The molecule has 1 aliphatic heterocycles. The van der Waals surface area contributed by atoms with Crippen LogP contribution in [0.15, 0.2) is 35.9 Å². The zero-order valence-corrected chi connectivity index (χ0v) is 14.6. The van der Waals surface area contributed by atoms with E-state index in [4.69, 9.17) is 15.6 Å². The minimum atomic E-state index is -0.811. The number of rotatable bonds is 8. The van der Waals surface area contributed by atoms with Crippen LogP contribution in [0, 0.1) is 10.8 Å². The second kappa shape index (κ2) is 9.93. The number of aliphatic hydroxyl groups excluding tert-OH is 1. The second-order valence-corrected chi connectivity index (χ2v) is 5.93. The molecule has 0 bridgehead atoms. The maximum Gasteiger partial charge on any atom is 0.128 e. The Morgan fingerprint density at radius 1 is 1.36 bits per heavy atom. The zero-order chi connectivity index (χ0) is 18.1. The Labute approximate surface area is 148 Å². The van der Waals surface area contributed by atoms with Gasteiger partial charge in [-0.15, -0.1) is 0 Å². The van der Waals surface area contributed by atoms with E-state index in [1.54, 1.807) is 6.92 Å². The van der Waals surface area contributed by atoms with Gasteiger partial charge >= 0.3 is 0 Å². The van der Waals surface area contributed by atoms with Gasteiger partial charge in [0.05, 0.1) is 6.10 Å². The first kappa shape index (κ1) is 19.1. The van der Waals surface area contributed by atoms with Gasteiger partial charge in [-0.3, -0.25) is 10.3 Å². The SMILES string of the molecule is C[C@@H](O)/C(=C\C=N)C(=N)Nc1ccc(OCCN2CCNCC2)cc1. The van der Waals surface area contributed by atoms with E-state index >= 15 is 0 Å². The summed E-state index contributed by atoms with van der Waals surface area (Å²) < 4.78 is 5.77. The molecule has 0 amide bonds. The lowest BCUT2D eigenvalue weighted by Gasteiger charge is -2.26. The number of ether oxygens (including phenoxy) is 1. The van der Waals surface area contributed by atoms with Gasteiger partial charge < -0.3 is 25.9 Å².